The van der Waals surface area contributed by atoms with Gasteiger partial charge in [-0.05, 0) is 20.3 Å². The quantitative estimate of drug-likeness (QED) is 0.474. The summed E-state index contributed by atoms with van der Waals surface area (Å²) in [6.07, 6.45) is 0.506. The summed E-state index contributed by atoms with van der Waals surface area (Å²) in [6, 6.07) is 8.89. The van der Waals surface area contributed by atoms with Gasteiger partial charge in [-0.3, -0.25) is 14.4 Å². The van der Waals surface area contributed by atoms with Crippen LogP contribution in [-0.4, -0.2) is 30.4 Å². The molecule has 1 saturated heterocycles. The molecule has 1 fully saturated rings. The predicted octanol–water partition coefficient (Wildman–Crippen LogP) is 2.64. The highest BCUT2D eigenvalue weighted by atomic mass is 16.6. The highest BCUT2D eigenvalue weighted by Gasteiger charge is 2.57. The van der Waals surface area contributed by atoms with Crippen molar-refractivity contribution in [2.45, 2.75) is 32.8 Å². The SMILES string of the molecule is CC[C@H](C(=O)c1ccccc1)[C@H]1[C@H](C(=O)OC)C(=O)OC1(C)C. The number of hydrogen-bond donors (Lipinski definition) is 0. The van der Waals surface area contributed by atoms with Crippen molar-refractivity contribution in [1.29, 1.82) is 0 Å². The summed E-state index contributed by atoms with van der Waals surface area (Å²) in [7, 11) is 1.23. The molecule has 1 aliphatic rings. The first-order valence-electron chi connectivity index (χ1n) is 7.73. The molecule has 0 saturated carbocycles. The fraction of sp³-hybridized carbons (Fsp3) is 0.500. The zero-order chi connectivity index (χ0) is 17.2. The molecule has 0 aliphatic carbocycles. The number of methoxy groups -OCH3 is 1. The van der Waals surface area contributed by atoms with Gasteiger partial charge in [-0.2, -0.15) is 0 Å². The molecular formula is C18H22O5. The summed E-state index contributed by atoms with van der Waals surface area (Å²) >= 11 is 0. The van der Waals surface area contributed by atoms with Crippen LogP contribution in [0.4, 0.5) is 0 Å². The van der Waals surface area contributed by atoms with E-state index in [-0.39, 0.29) is 5.78 Å². The Morgan fingerprint density at radius 1 is 1.26 bits per heavy atom. The smallest absolute Gasteiger partial charge is 0.321 e. The van der Waals surface area contributed by atoms with Crippen LogP contribution in [0.5, 0.6) is 0 Å². The molecule has 0 aromatic heterocycles. The molecule has 5 heteroatoms. The lowest BCUT2D eigenvalue weighted by molar-refractivity contribution is -0.156. The van der Waals surface area contributed by atoms with E-state index in [2.05, 4.69) is 0 Å². The summed E-state index contributed by atoms with van der Waals surface area (Å²) in [5, 5.41) is 0. The lowest BCUT2D eigenvalue weighted by Gasteiger charge is -2.32. The van der Waals surface area contributed by atoms with E-state index in [0.29, 0.717) is 12.0 Å². The number of cyclic esters (lactones) is 1. The van der Waals surface area contributed by atoms with E-state index in [1.807, 2.05) is 13.0 Å². The van der Waals surface area contributed by atoms with Crippen molar-refractivity contribution < 1.29 is 23.9 Å². The van der Waals surface area contributed by atoms with Crippen LogP contribution in [0, 0.1) is 17.8 Å². The predicted molar refractivity (Wildman–Crippen MR) is 83.7 cm³/mol. The zero-order valence-electron chi connectivity index (χ0n) is 13.9. The molecule has 1 heterocycles. The molecule has 23 heavy (non-hydrogen) atoms. The van der Waals surface area contributed by atoms with Crippen LogP contribution in [0.15, 0.2) is 30.3 Å². The molecule has 1 aromatic carbocycles. The van der Waals surface area contributed by atoms with Gasteiger partial charge in [0.2, 0.25) is 0 Å². The van der Waals surface area contributed by atoms with Crippen LogP contribution in [0.25, 0.3) is 0 Å². The third-order valence-corrected chi connectivity index (χ3v) is 4.50. The summed E-state index contributed by atoms with van der Waals surface area (Å²) in [5.41, 5.74) is -0.334. The molecule has 5 nitrogen and oxygen atoms in total. The zero-order valence-corrected chi connectivity index (χ0v) is 13.9. The van der Waals surface area contributed by atoms with E-state index >= 15 is 0 Å². The van der Waals surface area contributed by atoms with Crippen molar-refractivity contribution in [3.8, 4) is 0 Å². The number of rotatable bonds is 5. The Kier molecular flexibility index (Phi) is 4.88. The Labute approximate surface area is 136 Å². The van der Waals surface area contributed by atoms with E-state index in [1.165, 1.54) is 7.11 Å². The number of ketones is 1. The highest BCUT2D eigenvalue weighted by molar-refractivity contribution is 6.01. The molecule has 1 aromatic rings. The van der Waals surface area contributed by atoms with Crippen LogP contribution in [0.3, 0.4) is 0 Å². The summed E-state index contributed by atoms with van der Waals surface area (Å²) in [5.74, 6) is -3.47. The van der Waals surface area contributed by atoms with Crippen molar-refractivity contribution in [2.75, 3.05) is 7.11 Å². The van der Waals surface area contributed by atoms with Gasteiger partial charge in [-0.25, -0.2) is 0 Å². The van der Waals surface area contributed by atoms with E-state index in [9.17, 15) is 14.4 Å². The monoisotopic (exact) mass is 318 g/mol. The van der Waals surface area contributed by atoms with Crippen LogP contribution in [-0.2, 0) is 19.1 Å². The number of benzene rings is 1. The first-order valence-corrected chi connectivity index (χ1v) is 7.73. The molecule has 1 aliphatic heterocycles. The minimum absolute atomic E-state index is 0.0848. The first kappa shape index (κ1) is 17.2. The number of carbonyl (C=O) groups is 3. The number of esters is 2. The number of Topliss-reactive ketones (excluding diaryl/α,β-unsaturated/α-hetero) is 1. The van der Waals surface area contributed by atoms with Gasteiger partial charge in [0.05, 0.1) is 7.11 Å². The maximum absolute atomic E-state index is 12.9. The van der Waals surface area contributed by atoms with Gasteiger partial charge in [0.1, 0.15) is 5.60 Å². The van der Waals surface area contributed by atoms with Crippen molar-refractivity contribution in [1.82, 2.24) is 0 Å². The van der Waals surface area contributed by atoms with Crippen molar-refractivity contribution in [3.63, 3.8) is 0 Å². The molecule has 2 rings (SSSR count). The van der Waals surface area contributed by atoms with Crippen LogP contribution in [0.1, 0.15) is 37.6 Å². The Morgan fingerprint density at radius 3 is 2.39 bits per heavy atom. The van der Waals surface area contributed by atoms with E-state index in [0.717, 1.165) is 0 Å². The molecule has 0 spiro atoms. The molecule has 0 unspecified atom stereocenters. The lowest BCUT2D eigenvalue weighted by atomic mass is 9.70. The molecule has 0 bridgehead atoms. The lowest BCUT2D eigenvalue weighted by Crippen LogP contribution is -2.42. The summed E-state index contributed by atoms with van der Waals surface area (Å²) < 4.78 is 10.1. The van der Waals surface area contributed by atoms with Crippen molar-refractivity contribution in [2.24, 2.45) is 17.8 Å². The topological polar surface area (TPSA) is 69.7 Å². The Morgan fingerprint density at radius 2 is 1.87 bits per heavy atom. The fourth-order valence-electron chi connectivity index (χ4n) is 3.44. The Hall–Kier alpha value is -2.17. The van der Waals surface area contributed by atoms with Crippen LogP contribution < -0.4 is 0 Å². The standard InChI is InChI=1S/C18H22O5/c1-5-12(15(19)11-9-7-6-8-10-11)14-13(16(20)22-4)17(21)23-18(14,2)3/h6-10,12-14H,5H2,1-4H3/t12-,13+,14-/m0/s1. The largest absolute Gasteiger partial charge is 0.468 e. The molecule has 0 amide bonds. The van der Waals surface area contributed by atoms with Crippen molar-refractivity contribution in [3.05, 3.63) is 35.9 Å². The summed E-state index contributed by atoms with van der Waals surface area (Å²) in [4.78, 5) is 37.1. The number of carbonyl (C=O) groups excluding carboxylic acids is 3. The van der Waals surface area contributed by atoms with Gasteiger partial charge in [0.15, 0.2) is 11.7 Å². The fourth-order valence-corrected chi connectivity index (χ4v) is 3.44. The van der Waals surface area contributed by atoms with Gasteiger partial charge in [-0.1, -0.05) is 37.3 Å². The molecular weight excluding hydrogens is 296 g/mol. The third kappa shape index (κ3) is 3.14. The molecule has 0 N–H and O–H groups in total. The average Bonchev–Trinajstić information content (AvgIpc) is 2.77. The second-order valence-electron chi connectivity index (χ2n) is 6.30. The Bertz CT molecular complexity index is 605. The second-order valence-corrected chi connectivity index (χ2v) is 6.30. The van der Waals surface area contributed by atoms with Crippen LogP contribution >= 0.6 is 0 Å². The van der Waals surface area contributed by atoms with Gasteiger partial charge in [0, 0.05) is 17.4 Å². The maximum Gasteiger partial charge on any atom is 0.321 e. The average molecular weight is 318 g/mol. The van der Waals surface area contributed by atoms with Gasteiger partial charge >= 0.3 is 11.9 Å². The van der Waals surface area contributed by atoms with Crippen molar-refractivity contribution >= 4 is 17.7 Å². The van der Waals surface area contributed by atoms with Gasteiger partial charge in [-0.15, -0.1) is 0 Å². The maximum atomic E-state index is 12.9. The molecule has 0 radical (unpaired) electrons. The van der Waals surface area contributed by atoms with Crippen LogP contribution in [0.2, 0.25) is 0 Å². The van der Waals surface area contributed by atoms with E-state index in [4.69, 9.17) is 9.47 Å². The van der Waals surface area contributed by atoms with E-state index in [1.54, 1.807) is 38.1 Å². The van der Waals surface area contributed by atoms with E-state index < -0.39 is 35.3 Å². The highest BCUT2D eigenvalue weighted by Crippen LogP contribution is 2.44. The number of ether oxygens (including phenoxy) is 2. The first-order chi connectivity index (χ1) is 10.8. The van der Waals surface area contributed by atoms with Gasteiger partial charge < -0.3 is 9.47 Å². The molecule has 124 valence electrons. The molecule has 3 atom stereocenters. The van der Waals surface area contributed by atoms with Gasteiger partial charge in [0.25, 0.3) is 0 Å². The number of hydrogen-bond acceptors (Lipinski definition) is 5. The second kappa shape index (κ2) is 6.52. The third-order valence-electron chi connectivity index (χ3n) is 4.50. The Balaban J connectivity index is 2.42. The minimum Gasteiger partial charge on any atom is -0.468 e. The summed E-state index contributed by atoms with van der Waals surface area (Å²) in [6.45, 7) is 5.34. The normalized spacial score (nSPS) is 23.9. The minimum atomic E-state index is -1.06.